The van der Waals surface area contributed by atoms with Crippen molar-refractivity contribution in [2.24, 2.45) is 0 Å². The van der Waals surface area contributed by atoms with Crippen LogP contribution in [0, 0.1) is 5.82 Å². The van der Waals surface area contributed by atoms with Crippen LogP contribution in [0.1, 0.15) is 18.1 Å². The van der Waals surface area contributed by atoms with Gasteiger partial charge in [0.15, 0.2) is 0 Å². The minimum Gasteiger partial charge on any atom is -0.353 e. The van der Waals surface area contributed by atoms with Crippen LogP contribution in [0.2, 0.25) is 0 Å². The van der Waals surface area contributed by atoms with Crippen LogP contribution < -0.4 is 10.6 Å². The van der Waals surface area contributed by atoms with Crippen molar-refractivity contribution in [1.29, 1.82) is 0 Å². The zero-order valence-corrected chi connectivity index (χ0v) is 20.5. The Morgan fingerprint density at radius 1 is 1.08 bits per heavy atom. The summed E-state index contributed by atoms with van der Waals surface area (Å²) in [6.07, 6.45) is 9.48. The lowest BCUT2D eigenvalue weighted by atomic mass is 10.1. The van der Waals surface area contributed by atoms with Crippen molar-refractivity contribution in [1.82, 2.24) is 30.0 Å². The van der Waals surface area contributed by atoms with Crippen molar-refractivity contribution in [2.75, 3.05) is 14.1 Å². The van der Waals surface area contributed by atoms with Crippen LogP contribution in [0.3, 0.4) is 0 Å². The first-order chi connectivity index (χ1) is 17.4. The molecule has 0 atom stereocenters. The summed E-state index contributed by atoms with van der Waals surface area (Å²) in [6, 6.07) is 12.5. The van der Waals surface area contributed by atoms with Gasteiger partial charge in [-0.05, 0) is 86.3 Å². The number of nitrogens with zero attached hydrogens (tertiary/aromatic N) is 4. The Morgan fingerprint density at radius 2 is 1.89 bits per heavy atom. The molecule has 0 radical (unpaired) electrons. The molecule has 7 heteroatoms. The molecule has 4 heterocycles. The monoisotopic (exact) mass is 478 g/mol. The van der Waals surface area contributed by atoms with Gasteiger partial charge in [-0.3, -0.25) is 15.1 Å². The molecule has 0 saturated heterocycles. The fourth-order valence-electron chi connectivity index (χ4n) is 4.33. The van der Waals surface area contributed by atoms with Crippen molar-refractivity contribution in [2.45, 2.75) is 13.5 Å². The van der Waals surface area contributed by atoms with E-state index in [1.807, 2.05) is 57.7 Å². The molecular formula is C29H27FN6. The van der Waals surface area contributed by atoms with Crippen LogP contribution in [0.25, 0.3) is 51.3 Å². The fraction of sp³-hybridized carbons (Fsp3) is 0.138. The molecule has 0 spiro atoms. The van der Waals surface area contributed by atoms with Gasteiger partial charge >= 0.3 is 0 Å². The van der Waals surface area contributed by atoms with E-state index in [2.05, 4.69) is 42.7 Å². The van der Waals surface area contributed by atoms with Crippen LogP contribution in [0.5, 0.6) is 0 Å². The molecule has 0 fully saturated rings. The molecule has 0 amide bonds. The number of nitrogens with one attached hydrogen (secondary N) is 2. The number of H-pyrrole nitrogens is 2. The number of pyridine rings is 2. The number of allylic oxidation sites excluding steroid dienone is 1. The van der Waals surface area contributed by atoms with E-state index in [4.69, 9.17) is 0 Å². The lowest BCUT2D eigenvalue weighted by molar-refractivity contribution is 0.402. The fourth-order valence-corrected chi connectivity index (χ4v) is 4.33. The standard InChI is InChI=1S/C29H27FN6/c1-5-25-23(12-18(2)21-13-19(15-31-16-21)17-36(3)4)29(35-34-25)27-14-24-26(33-27)10-11-32-28(24)20-6-8-22(30)9-7-20/h5-16,33-34H,2,17H2,1,3-4H3/b23-12+,25-5+. The molecule has 0 bridgehead atoms. The van der Waals surface area contributed by atoms with Gasteiger partial charge in [0.1, 0.15) is 11.5 Å². The van der Waals surface area contributed by atoms with E-state index in [0.29, 0.717) is 0 Å². The van der Waals surface area contributed by atoms with Crippen LogP contribution in [-0.2, 0) is 6.54 Å². The Morgan fingerprint density at radius 3 is 2.64 bits per heavy atom. The Bertz CT molecular complexity index is 1680. The van der Waals surface area contributed by atoms with Gasteiger partial charge in [0.25, 0.3) is 0 Å². The van der Waals surface area contributed by atoms with E-state index in [9.17, 15) is 4.39 Å². The minimum absolute atomic E-state index is 0.275. The van der Waals surface area contributed by atoms with Gasteiger partial charge < -0.3 is 9.88 Å². The van der Waals surface area contributed by atoms with Gasteiger partial charge in [0.2, 0.25) is 0 Å². The molecule has 6 nitrogen and oxygen atoms in total. The third-order valence-corrected chi connectivity index (χ3v) is 6.03. The molecule has 180 valence electrons. The number of benzene rings is 1. The number of hydrogen-bond acceptors (Lipinski definition) is 4. The number of aromatic nitrogens is 5. The smallest absolute Gasteiger partial charge is 0.123 e. The lowest BCUT2D eigenvalue weighted by Crippen LogP contribution is -2.23. The number of fused-ring (bicyclic) bond motifs is 1. The molecule has 1 aromatic carbocycles. The SMILES string of the molecule is C=C(/C=c1/c(-c2cc3c(-c4ccc(F)cc4)nccc3[nH]2)n[nH]/c1=C/C)c1cncc(CN(C)C)c1. The quantitative estimate of drug-likeness (QED) is 0.377. The summed E-state index contributed by atoms with van der Waals surface area (Å²) in [5, 5.41) is 10.5. The highest BCUT2D eigenvalue weighted by atomic mass is 19.1. The summed E-state index contributed by atoms with van der Waals surface area (Å²) in [6.45, 7) is 7.09. The average Bonchev–Trinajstić information content (AvgIpc) is 3.48. The normalized spacial score (nSPS) is 12.7. The molecule has 0 aliphatic rings. The zero-order valence-electron chi connectivity index (χ0n) is 20.5. The van der Waals surface area contributed by atoms with E-state index in [0.717, 1.165) is 67.4 Å². The molecule has 4 aromatic heterocycles. The molecule has 2 N–H and O–H groups in total. The van der Waals surface area contributed by atoms with Crippen molar-refractivity contribution in [3.8, 4) is 22.6 Å². The Labute approximate surface area is 208 Å². The molecule has 0 aliphatic carbocycles. The predicted octanol–water partition coefficient (Wildman–Crippen LogP) is 4.51. The second-order valence-electron chi connectivity index (χ2n) is 8.99. The number of halogens is 1. The number of aromatic amines is 2. The maximum atomic E-state index is 13.5. The molecule has 5 aromatic rings. The molecule has 5 rings (SSSR count). The predicted molar refractivity (Wildman–Crippen MR) is 144 cm³/mol. The largest absolute Gasteiger partial charge is 0.353 e. The summed E-state index contributed by atoms with van der Waals surface area (Å²) in [7, 11) is 4.07. The van der Waals surface area contributed by atoms with E-state index in [1.165, 1.54) is 12.1 Å². The number of rotatable bonds is 6. The van der Waals surface area contributed by atoms with E-state index in [1.54, 1.807) is 18.3 Å². The molecule has 0 saturated carbocycles. The van der Waals surface area contributed by atoms with Gasteiger partial charge in [-0.1, -0.05) is 12.7 Å². The zero-order chi connectivity index (χ0) is 25.2. The van der Waals surface area contributed by atoms with E-state index in [-0.39, 0.29) is 5.82 Å². The molecular weight excluding hydrogens is 451 g/mol. The van der Waals surface area contributed by atoms with Crippen molar-refractivity contribution in [3.05, 3.63) is 95.1 Å². The van der Waals surface area contributed by atoms with Gasteiger partial charge in [0.05, 0.1) is 16.7 Å². The second kappa shape index (κ2) is 9.71. The van der Waals surface area contributed by atoms with E-state index < -0.39 is 0 Å². The molecule has 0 aliphatic heterocycles. The summed E-state index contributed by atoms with van der Waals surface area (Å²) in [5.74, 6) is -0.275. The second-order valence-corrected chi connectivity index (χ2v) is 8.99. The highest BCUT2D eigenvalue weighted by Gasteiger charge is 2.13. The average molecular weight is 479 g/mol. The highest BCUT2D eigenvalue weighted by molar-refractivity contribution is 5.96. The van der Waals surface area contributed by atoms with Crippen LogP contribution in [0.4, 0.5) is 4.39 Å². The number of hydrogen-bond donors (Lipinski definition) is 2. The van der Waals surface area contributed by atoms with E-state index >= 15 is 0 Å². The summed E-state index contributed by atoms with van der Waals surface area (Å²) in [5.41, 5.74) is 7.12. The Kier molecular flexibility index (Phi) is 6.31. The third-order valence-electron chi connectivity index (χ3n) is 6.03. The van der Waals surface area contributed by atoms with Crippen LogP contribution in [-0.4, -0.2) is 44.1 Å². The van der Waals surface area contributed by atoms with Crippen molar-refractivity contribution in [3.63, 3.8) is 0 Å². The Balaban J connectivity index is 1.60. The highest BCUT2D eigenvalue weighted by Crippen LogP contribution is 2.29. The van der Waals surface area contributed by atoms with Gasteiger partial charge in [-0.2, -0.15) is 5.10 Å². The van der Waals surface area contributed by atoms with Crippen LogP contribution in [0.15, 0.2) is 67.6 Å². The first-order valence-corrected chi connectivity index (χ1v) is 11.7. The maximum absolute atomic E-state index is 13.5. The first kappa shape index (κ1) is 23.4. The topological polar surface area (TPSA) is 73.5 Å². The summed E-state index contributed by atoms with van der Waals surface area (Å²) in [4.78, 5) is 14.6. The summed E-state index contributed by atoms with van der Waals surface area (Å²) < 4.78 is 13.5. The van der Waals surface area contributed by atoms with Gasteiger partial charge in [-0.25, -0.2) is 4.39 Å². The summed E-state index contributed by atoms with van der Waals surface area (Å²) >= 11 is 0. The first-order valence-electron chi connectivity index (χ1n) is 11.7. The maximum Gasteiger partial charge on any atom is 0.123 e. The van der Waals surface area contributed by atoms with Gasteiger partial charge in [0, 0.05) is 46.8 Å². The molecule has 0 unspecified atom stereocenters. The minimum atomic E-state index is -0.275. The third kappa shape index (κ3) is 4.61. The molecule has 36 heavy (non-hydrogen) atoms. The van der Waals surface area contributed by atoms with Crippen LogP contribution >= 0.6 is 0 Å². The van der Waals surface area contributed by atoms with Gasteiger partial charge in [-0.15, -0.1) is 0 Å². The van der Waals surface area contributed by atoms with Crippen molar-refractivity contribution >= 4 is 28.6 Å². The lowest BCUT2D eigenvalue weighted by Gasteiger charge is -2.10. The van der Waals surface area contributed by atoms with Crippen molar-refractivity contribution < 1.29 is 4.39 Å². The Hall–Kier alpha value is -4.36.